The first kappa shape index (κ1) is 13.9. The summed E-state index contributed by atoms with van der Waals surface area (Å²) < 4.78 is 0. The third-order valence-electron chi connectivity index (χ3n) is 6.77. The fraction of sp³-hybridized carbons (Fsp3) is 1.00. The Morgan fingerprint density at radius 3 is 2.47 bits per heavy atom. The van der Waals surface area contributed by atoms with Crippen LogP contribution >= 0.6 is 0 Å². The predicted octanol–water partition coefficient (Wildman–Crippen LogP) is 4.60. The quantitative estimate of drug-likeness (QED) is 0.791. The molecule has 0 heterocycles. The van der Waals surface area contributed by atoms with E-state index in [9.17, 15) is 0 Å². The van der Waals surface area contributed by atoms with Gasteiger partial charge in [-0.05, 0) is 74.0 Å². The van der Waals surface area contributed by atoms with Gasteiger partial charge in [0.25, 0.3) is 0 Å². The van der Waals surface area contributed by atoms with Crippen molar-refractivity contribution in [3.63, 3.8) is 0 Å². The monoisotopic (exact) mass is 263 g/mol. The van der Waals surface area contributed by atoms with Crippen LogP contribution in [0.2, 0.25) is 0 Å². The zero-order valence-corrected chi connectivity index (χ0v) is 13.2. The molecule has 6 unspecified atom stereocenters. The minimum atomic E-state index is 0.154. The van der Waals surface area contributed by atoms with Crippen molar-refractivity contribution in [2.75, 3.05) is 0 Å². The predicted molar refractivity (Wildman–Crippen MR) is 81.8 cm³/mol. The Bertz CT molecular complexity index is 324. The van der Waals surface area contributed by atoms with Crippen molar-refractivity contribution < 1.29 is 0 Å². The van der Waals surface area contributed by atoms with Gasteiger partial charge in [0, 0.05) is 5.54 Å². The molecular weight excluding hydrogens is 230 g/mol. The highest BCUT2D eigenvalue weighted by Crippen LogP contribution is 2.53. The highest BCUT2D eigenvalue weighted by Gasteiger charge is 2.47. The Morgan fingerprint density at radius 2 is 1.89 bits per heavy atom. The Labute approximate surface area is 119 Å². The van der Waals surface area contributed by atoms with Crippen LogP contribution in [0.5, 0.6) is 0 Å². The standard InChI is InChI=1S/C18H33N/c1-12(2)17-7-4-13(3)10-18(17,19)11-16-9-14-5-6-15(16)8-14/h12-17H,4-11,19H2,1-3H3. The molecule has 0 saturated heterocycles. The largest absolute Gasteiger partial charge is 0.325 e. The van der Waals surface area contributed by atoms with Crippen molar-refractivity contribution in [3.05, 3.63) is 0 Å². The first-order valence-electron chi connectivity index (χ1n) is 8.77. The third kappa shape index (κ3) is 2.60. The van der Waals surface area contributed by atoms with Gasteiger partial charge in [-0.15, -0.1) is 0 Å². The molecule has 3 fully saturated rings. The molecule has 0 aromatic rings. The number of nitrogens with two attached hydrogens (primary N) is 1. The second-order valence-electron chi connectivity index (χ2n) is 8.61. The Morgan fingerprint density at radius 1 is 1.11 bits per heavy atom. The molecule has 2 N–H and O–H groups in total. The maximum absolute atomic E-state index is 7.01. The second kappa shape index (κ2) is 5.06. The van der Waals surface area contributed by atoms with E-state index in [0.29, 0.717) is 0 Å². The molecular formula is C18H33N. The molecule has 0 aromatic carbocycles. The van der Waals surface area contributed by atoms with Gasteiger partial charge in [0.2, 0.25) is 0 Å². The van der Waals surface area contributed by atoms with Crippen molar-refractivity contribution in [1.29, 1.82) is 0 Å². The molecule has 3 saturated carbocycles. The lowest BCUT2D eigenvalue weighted by molar-refractivity contribution is 0.0753. The zero-order chi connectivity index (χ0) is 13.6. The van der Waals surface area contributed by atoms with Gasteiger partial charge in [0.15, 0.2) is 0 Å². The molecule has 0 spiro atoms. The van der Waals surface area contributed by atoms with E-state index in [2.05, 4.69) is 20.8 Å². The molecule has 0 aliphatic heterocycles. The average Bonchev–Trinajstić information content (AvgIpc) is 2.89. The van der Waals surface area contributed by atoms with E-state index in [1.807, 2.05) is 0 Å². The maximum atomic E-state index is 7.01. The van der Waals surface area contributed by atoms with Crippen molar-refractivity contribution in [2.24, 2.45) is 41.2 Å². The van der Waals surface area contributed by atoms with Crippen LogP contribution in [0.1, 0.15) is 72.1 Å². The Balaban J connectivity index is 1.71. The van der Waals surface area contributed by atoms with E-state index in [4.69, 9.17) is 5.73 Å². The van der Waals surface area contributed by atoms with Gasteiger partial charge in [-0.25, -0.2) is 0 Å². The number of hydrogen-bond donors (Lipinski definition) is 1. The summed E-state index contributed by atoms with van der Waals surface area (Å²) in [7, 11) is 0. The van der Waals surface area contributed by atoms with Crippen LogP contribution in [0.3, 0.4) is 0 Å². The van der Waals surface area contributed by atoms with Gasteiger partial charge in [-0.1, -0.05) is 33.6 Å². The zero-order valence-electron chi connectivity index (χ0n) is 13.2. The lowest BCUT2D eigenvalue weighted by Crippen LogP contribution is -2.54. The fourth-order valence-electron chi connectivity index (χ4n) is 6.00. The fourth-order valence-corrected chi connectivity index (χ4v) is 6.00. The molecule has 19 heavy (non-hydrogen) atoms. The third-order valence-corrected chi connectivity index (χ3v) is 6.77. The van der Waals surface area contributed by atoms with Gasteiger partial charge in [0.05, 0.1) is 0 Å². The molecule has 0 aromatic heterocycles. The van der Waals surface area contributed by atoms with E-state index in [1.165, 1.54) is 51.4 Å². The summed E-state index contributed by atoms with van der Waals surface area (Å²) >= 11 is 0. The highest BCUT2D eigenvalue weighted by molar-refractivity contribution is 5.02. The van der Waals surface area contributed by atoms with Crippen LogP contribution in [0.15, 0.2) is 0 Å². The van der Waals surface area contributed by atoms with Crippen molar-refractivity contribution >= 4 is 0 Å². The first-order chi connectivity index (χ1) is 8.98. The lowest BCUT2D eigenvalue weighted by Gasteiger charge is -2.48. The molecule has 0 amide bonds. The number of fused-ring (bicyclic) bond motifs is 2. The smallest absolute Gasteiger partial charge is 0.0190 e. The summed E-state index contributed by atoms with van der Waals surface area (Å²) in [6, 6.07) is 0. The van der Waals surface area contributed by atoms with E-state index in [-0.39, 0.29) is 5.54 Å². The van der Waals surface area contributed by atoms with E-state index >= 15 is 0 Å². The molecule has 6 atom stereocenters. The van der Waals surface area contributed by atoms with Gasteiger partial charge in [-0.2, -0.15) is 0 Å². The van der Waals surface area contributed by atoms with E-state index in [1.54, 1.807) is 0 Å². The number of rotatable bonds is 3. The van der Waals surface area contributed by atoms with Gasteiger partial charge in [-0.3, -0.25) is 0 Å². The molecule has 1 nitrogen and oxygen atoms in total. The van der Waals surface area contributed by atoms with Crippen LogP contribution in [-0.2, 0) is 0 Å². The van der Waals surface area contributed by atoms with Gasteiger partial charge >= 0.3 is 0 Å². The molecule has 1 heteroatoms. The summed E-state index contributed by atoms with van der Waals surface area (Å²) in [5, 5.41) is 0. The van der Waals surface area contributed by atoms with Crippen molar-refractivity contribution in [2.45, 2.75) is 77.7 Å². The van der Waals surface area contributed by atoms with Crippen LogP contribution < -0.4 is 5.73 Å². The summed E-state index contributed by atoms with van der Waals surface area (Å²) in [6.45, 7) is 7.20. The highest BCUT2D eigenvalue weighted by atomic mass is 14.8. The molecule has 3 rings (SSSR count). The van der Waals surface area contributed by atoms with Gasteiger partial charge < -0.3 is 5.73 Å². The molecule has 110 valence electrons. The summed E-state index contributed by atoms with van der Waals surface area (Å²) in [6.07, 6.45) is 11.4. The average molecular weight is 263 g/mol. The van der Waals surface area contributed by atoms with Crippen LogP contribution in [0.4, 0.5) is 0 Å². The molecule has 2 bridgehead atoms. The minimum absolute atomic E-state index is 0.154. The normalized spacial score (nSPS) is 50.1. The summed E-state index contributed by atoms with van der Waals surface area (Å²) in [5.74, 6) is 5.44. The van der Waals surface area contributed by atoms with Crippen LogP contribution in [-0.4, -0.2) is 5.54 Å². The molecule has 0 radical (unpaired) electrons. The molecule has 3 aliphatic rings. The topological polar surface area (TPSA) is 26.0 Å². The van der Waals surface area contributed by atoms with Crippen LogP contribution in [0, 0.1) is 35.5 Å². The maximum Gasteiger partial charge on any atom is 0.0190 e. The Hall–Kier alpha value is -0.0400. The second-order valence-corrected chi connectivity index (χ2v) is 8.61. The van der Waals surface area contributed by atoms with E-state index < -0.39 is 0 Å². The summed E-state index contributed by atoms with van der Waals surface area (Å²) in [5.41, 5.74) is 7.16. The minimum Gasteiger partial charge on any atom is -0.325 e. The van der Waals surface area contributed by atoms with Crippen molar-refractivity contribution in [1.82, 2.24) is 0 Å². The van der Waals surface area contributed by atoms with Gasteiger partial charge in [0.1, 0.15) is 0 Å². The SMILES string of the molecule is CC1CCC(C(C)C)C(N)(CC2CC3CCC2C3)C1. The van der Waals surface area contributed by atoms with Crippen LogP contribution in [0.25, 0.3) is 0 Å². The molecule has 3 aliphatic carbocycles. The van der Waals surface area contributed by atoms with E-state index in [0.717, 1.165) is 35.5 Å². The lowest BCUT2D eigenvalue weighted by atomic mass is 9.61. The Kier molecular flexibility index (Phi) is 3.71. The first-order valence-corrected chi connectivity index (χ1v) is 8.77. The van der Waals surface area contributed by atoms with Crippen molar-refractivity contribution in [3.8, 4) is 0 Å². The summed E-state index contributed by atoms with van der Waals surface area (Å²) in [4.78, 5) is 0. The number of hydrogen-bond acceptors (Lipinski definition) is 1.